The molecule has 0 radical (unpaired) electrons. The molecule has 1 N–H and O–H groups in total. The Morgan fingerprint density at radius 1 is 1.62 bits per heavy atom. The number of halogens is 1. The zero-order valence-electron chi connectivity index (χ0n) is 8.95. The summed E-state index contributed by atoms with van der Waals surface area (Å²) in [5.74, 6) is 0.199. The van der Waals surface area contributed by atoms with E-state index in [2.05, 4.69) is 5.32 Å². The number of benzene rings is 1. The maximum absolute atomic E-state index is 11.0. The van der Waals surface area contributed by atoms with E-state index in [4.69, 9.17) is 21.6 Å². The quantitative estimate of drug-likeness (QED) is 0.880. The summed E-state index contributed by atoms with van der Waals surface area (Å²) >= 11 is 5.80. The Kier molecular flexibility index (Phi) is 4.15. The maximum atomic E-state index is 11.0. The summed E-state index contributed by atoms with van der Waals surface area (Å²) in [7, 11) is 0. The summed E-state index contributed by atoms with van der Waals surface area (Å²) < 4.78 is 5.32. The van der Waals surface area contributed by atoms with Crippen LogP contribution in [0.25, 0.3) is 0 Å². The van der Waals surface area contributed by atoms with E-state index in [1.807, 2.05) is 6.07 Å². The first kappa shape index (κ1) is 12.3. The number of anilines is 1. The van der Waals surface area contributed by atoms with Crippen molar-refractivity contribution in [2.45, 2.75) is 20.0 Å². The standard InChI is InChI=1S/C11H11ClN2O2/c1-7(6-13)16-11-4-3-9(12)5-10(11)14-8(2)15/h3-5,7H,1-2H3,(H,14,15). The third kappa shape index (κ3) is 3.44. The van der Waals surface area contributed by atoms with Gasteiger partial charge in [-0.3, -0.25) is 4.79 Å². The molecule has 84 valence electrons. The second kappa shape index (κ2) is 5.38. The fourth-order valence-corrected chi connectivity index (χ4v) is 1.28. The number of rotatable bonds is 3. The molecule has 0 spiro atoms. The van der Waals surface area contributed by atoms with Crippen LogP contribution in [0.5, 0.6) is 5.75 Å². The summed E-state index contributed by atoms with van der Waals surface area (Å²) in [5, 5.41) is 11.7. The highest BCUT2D eigenvalue weighted by molar-refractivity contribution is 6.31. The Hall–Kier alpha value is -1.73. The number of amides is 1. The number of carbonyl (C=O) groups excluding carboxylic acids is 1. The van der Waals surface area contributed by atoms with E-state index < -0.39 is 6.10 Å². The van der Waals surface area contributed by atoms with Gasteiger partial charge in [-0.25, -0.2) is 0 Å². The second-order valence-corrected chi connectivity index (χ2v) is 3.65. The van der Waals surface area contributed by atoms with Crippen molar-refractivity contribution < 1.29 is 9.53 Å². The van der Waals surface area contributed by atoms with E-state index in [9.17, 15) is 4.79 Å². The highest BCUT2D eigenvalue weighted by Crippen LogP contribution is 2.28. The minimum absolute atomic E-state index is 0.225. The molecule has 0 saturated heterocycles. The second-order valence-electron chi connectivity index (χ2n) is 3.21. The smallest absolute Gasteiger partial charge is 0.221 e. The van der Waals surface area contributed by atoms with Crippen molar-refractivity contribution in [3.63, 3.8) is 0 Å². The number of carbonyl (C=O) groups is 1. The number of ether oxygens (including phenoxy) is 1. The normalized spacial score (nSPS) is 11.4. The molecule has 5 heteroatoms. The first-order valence-electron chi connectivity index (χ1n) is 4.66. The van der Waals surface area contributed by atoms with Crippen molar-refractivity contribution >= 4 is 23.2 Å². The Morgan fingerprint density at radius 2 is 2.31 bits per heavy atom. The molecule has 1 aromatic rings. The van der Waals surface area contributed by atoms with Crippen molar-refractivity contribution in [1.29, 1.82) is 5.26 Å². The van der Waals surface area contributed by atoms with Crippen LogP contribution in [0.3, 0.4) is 0 Å². The minimum Gasteiger partial charge on any atom is -0.474 e. The van der Waals surface area contributed by atoms with E-state index in [1.165, 1.54) is 6.92 Å². The van der Waals surface area contributed by atoms with Crippen LogP contribution in [0.2, 0.25) is 5.02 Å². The Balaban J connectivity index is 2.98. The fraction of sp³-hybridized carbons (Fsp3) is 0.273. The van der Waals surface area contributed by atoms with Crippen LogP contribution >= 0.6 is 11.6 Å². The average molecular weight is 239 g/mol. The van der Waals surface area contributed by atoms with Gasteiger partial charge < -0.3 is 10.1 Å². The van der Waals surface area contributed by atoms with E-state index in [0.29, 0.717) is 16.5 Å². The number of hydrogen-bond acceptors (Lipinski definition) is 3. The van der Waals surface area contributed by atoms with Crippen LogP contribution in [0.15, 0.2) is 18.2 Å². The molecule has 1 atom stereocenters. The van der Waals surface area contributed by atoms with E-state index >= 15 is 0 Å². The first-order valence-corrected chi connectivity index (χ1v) is 5.04. The van der Waals surface area contributed by atoms with Crippen LogP contribution in [-0.2, 0) is 4.79 Å². The van der Waals surface area contributed by atoms with Gasteiger partial charge in [0.15, 0.2) is 6.10 Å². The van der Waals surface area contributed by atoms with Crippen LogP contribution in [0.1, 0.15) is 13.8 Å². The monoisotopic (exact) mass is 238 g/mol. The summed E-state index contributed by atoms with van der Waals surface area (Å²) in [4.78, 5) is 11.0. The highest BCUT2D eigenvalue weighted by atomic mass is 35.5. The lowest BCUT2D eigenvalue weighted by Crippen LogP contribution is -2.12. The molecular formula is C11H11ClN2O2. The number of nitriles is 1. The maximum Gasteiger partial charge on any atom is 0.221 e. The Bertz CT molecular complexity index is 440. The molecular weight excluding hydrogens is 228 g/mol. The summed E-state index contributed by atoms with van der Waals surface area (Å²) in [5.41, 5.74) is 0.460. The summed E-state index contributed by atoms with van der Waals surface area (Å²) in [6.07, 6.45) is -0.589. The molecule has 1 aromatic carbocycles. The molecule has 0 bridgehead atoms. The van der Waals surface area contributed by atoms with E-state index in [0.717, 1.165) is 0 Å². The van der Waals surface area contributed by atoms with Crippen molar-refractivity contribution in [2.24, 2.45) is 0 Å². The van der Waals surface area contributed by atoms with Gasteiger partial charge >= 0.3 is 0 Å². The molecule has 0 aliphatic carbocycles. The molecule has 0 aromatic heterocycles. The molecule has 4 nitrogen and oxygen atoms in total. The van der Waals surface area contributed by atoms with Gasteiger partial charge in [0, 0.05) is 11.9 Å². The lowest BCUT2D eigenvalue weighted by atomic mass is 10.3. The average Bonchev–Trinajstić information content (AvgIpc) is 2.21. The predicted molar refractivity (Wildman–Crippen MR) is 61.5 cm³/mol. The minimum atomic E-state index is -0.589. The lowest BCUT2D eigenvalue weighted by molar-refractivity contribution is -0.114. The number of nitrogens with one attached hydrogen (secondary N) is 1. The zero-order valence-corrected chi connectivity index (χ0v) is 9.71. The molecule has 1 amide bonds. The number of nitrogens with zero attached hydrogens (tertiary/aromatic N) is 1. The summed E-state index contributed by atoms with van der Waals surface area (Å²) in [6, 6.07) is 6.76. The van der Waals surface area contributed by atoms with Crippen molar-refractivity contribution in [2.75, 3.05) is 5.32 Å². The molecule has 0 saturated carbocycles. The van der Waals surface area contributed by atoms with Crippen LogP contribution in [0.4, 0.5) is 5.69 Å². The van der Waals surface area contributed by atoms with Gasteiger partial charge in [0.1, 0.15) is 11.8 Å². The van der Waals surface area contributed by atoms with Crippen LogP contribution < -0.4 is 10.1 Å². The predicted octanol–water partition coefficient (Wildman–Crippen LogP) is 2.59. The van der Waals surface area contributed by atoms with Gasteiger partial charge in [0.05, 0.1) is 5.69 Å². The molecule has 16 heavy (non-hydrogen) atoms. The molecule has 1 unspecified atom stereocenters. The molecule has 1 rings (SSSR count). The van der Waals surface area contributed by atoms with Crippen molar-refractivity contribution in [3.8, 4) is 11.8 Å². The van der Waals surface area contributed by atoms with Gasteiger partial charge in [-0.2, -0.15) is 5.26 Å². The van der Waals surface area contributed by atoms with Crippen molar-refractivity contribution in [3.05, 3.63) is 23.2 Å². The lowest BCUT2D eigenvalue weighted by Gasteiger charge is -2.13. The molecule has 0 heterocycles. The highest BCUT2D eigenvalue weighted by Gasteiger charge is 2.09. The topological polar surface area (TPSA) is 62.1 Å². The molecule has 0 fully saturated rings. The van der Waals surface area contributed by atoms with E-state index in [1.54, 1.807) is 25.1 Å². The molecule has 0 aliphatic heterocycles. The third-order valence-electron chi connectivity index (χ3n) is 1.74. The zero-order chi connectivity index (χ0) is 12.1. The van der Waals surface area contributed by atoms with Gasteiger partial charge in [-0.1, -0.05) is 11.6 Å². The fourth-order valence-electron chi connectivity index (χ4n) is 1.11. The first-order chi connectivity index (χ1) is 7.52. The van der Waals surface area contributed by atoms with Crippen molar-refractivity contribution in [1.82, 2.24) is 0 Å². The van der Waals surface area contributed by atoms with Gasteiger partial charge in [-0.05, 0) is 25.1 Å². The van der Waals surface area contributed by atoms with Gasteiger partial charge in [0.2, 0.25) is 5.91 Å². The Morgan fingerprint density at radius 3 is 2.88 bits per heavy atom. The van der Waals surface area contributed by atoms with Gasteiger partial charge in [-0.15, -0.1) is 0 Å². The third-order valence-corrected chi connectivity index (χ3v) is 1.97. The van der Waals surface area contributed by atoms with Crippen LogP contribution in [0, 0.1) is 11.3 Å². The van der Waals surface area contributed by atoms with Gasteiger partial charge in [0.25, 0.3) is 0 Å². The number of hydrogen-bond donors (Lipinski definition) is 1. The largest absolute Gasteiger partial charge is 0.474 e. The Labute approximate surface area is 98.8 Å². The SMILES string of the molecule is CC(=O)Nc1cc(Cl)ccc1OC(C)C#N. The van der Waals surface area contributed by atoms with E-state index in [-0.39, 0.29) is 5.91 Å². The molecule has 0 aliphatic rings. The summed E-state index contributed by atoms with van der Waals surface area (Å²) in [6.45, 7) is 3.00. The van der Waals surface area contributed by atoms with Crippen LogP contribution in [-0.4, -0.2) is 12.0 Å².